The summed E-state index contributed by atoms with van der Waals surface area (Å²) in [6, 6.07) is 1.94. The largest absolute Gasteiger partial charge is 0.472 e. The van der Waals surface area contributed by atoms with Gasteiger partial charge in [-0.15, -0.1) is 0 Å². The lowest BCUT2D eigenvalue weighted by atomic mass is 10.3. The van der Waals surface area contributed by atoms with Crippen molar-refractivity contribution >= 4 is 21.7 Å². The molecule has 0 spiro atoms. The van der Waals surface area contributed by atoms with Gasteiger partial charge in [0.25, 0.3) is 0 Å². The van der Waals surface area contributed by atoms with Crippen LogP contribution in [0.25, 0.3) is 0 Å². The van der Waals surface area contributed by atoms with Crippen LogP contribution < -0.4 is 4.90 Å². The van der Waals surface area contributed by atoms with Gasteiger partial charge in [0, 0.05) is 25.4 Å². The molecule has 0 fully saturated rings. The standard InChI is InChI=1S/C10H10BrN3O/c1-14(5-8-2-3-15-6-8)10-9(11)4-12-7-13-10/h2-4,6-7H,5H2,1H3. The summed E-state index contributed by atoms with van der Waals surface area (Å²) in [5.41, 5.74) is 1.11. The van der Waals surface area contributed by atoms with Crippen molar-refractivity contribution in [2.45, 2.75) is 6.54 Å². The fourth-order valence-electron chi connectivity index (χ4n) is 1.32. The van der Waals surface area contributed by atoms with Crippen molar-refractivity contribution < 1.29 is 4.42 Å². The van der Waals surface area contributed by atoms with E-state index in [-0.39, 0.29) is 0 Å². The zero-order valence-electron chi connectivity index (χ0n) is 8.22. The van der Waals surface area contributed by atoms with Gasteiger partial charge in [-0.25, -0.2) is 9.97 Å². The molecule has 5 heteroatoms. The van der Waals surface area contributed by atoms with E-state index in [2.05, 4.69) is 25.9 Å². The van der Waals surface area contributed by atoms with Crippen molar-refractivity contribution in [3.05, 3.63) is 41.2 Å². The van der Waals surface area contributed by atoms with Crippen LogP contribution in [0.15, 0.2) is 40.0 Å². The molecule has 2 rings (SSSR count). The molecule has 0 amide bonds. The van der Waals surface area contributed by atoms with Gasteiger partial charge in [0.15, 0.2) is 0 Å². The van der Waals surface area contributed by atoms with Crippen LogP contribution in [0.2, 0.25) is 0 Å². The smallest absolute Gasteiger partial charge is 0.146 e. The summed E-state index contributed by atoms with van der Waals surface area (Å²) in [5.74, 6) is 0.867. The number of hydrogen-bond acceptors (Lipinski definition) is 4. The van der Waals surface area contributed by atoms with Crippen molar-refractivity contribution in [3.63, 3.8) is 0 Å². The van der Waals surface area contributed by atoms with Crippen LogP contribution in [0.3, 0.4) is 0 Å². The molecular weight excluding hydrogens is 258 g/mol. The zero-order valence-corrected chi connectivity index (χ0v) is 9.81. The Kier molecular flexibility index (Phi) is 3.01. The topological polar surface area (TPSA) is 42.2 Å². The Morgan fingerprint density at radius 1 is 1.53 bits per heavy atom. The normalized spacial score (nSPS) is 10.3. The summed E-state index contributed by atoms with van der Waals surface area (Å²) in [4.78, 5) is 10.1. The maximum atomic E-state index is 5.01. The van der Waals surface area contributed by atoms with E-state index in [0.29, 0.717) is 0 Å². The van der Waals surface area contributed by atoms with Gasteiger partial charge in [0.2, 0.25) is 0 Å². The Hall–Kier alpha value is -1.36. The number of aromatic nitrogens is 2. The number of furan rings is 1. The molecule has 0 saturated carbocycles. The van der Waals surface area contributed by atoms with Crippen molar-refractivity contribution in [3.8, 4) is 0 Å². The minimum atomic E-state index is 0.756. The Morgan fingerprint density at radius 3 is 3.07 bits per heavy atom. The third-order valence-electron chi connectivity index (χ3n) is 2.01. The molecule has 0 unspecified atom stereocenters. The van der Waals surface area contributed by atoms with Crippen molar-refractivity contribution in [2.24, 2.45) is 0 Å². The van der Waals surface area contributed by atoms with Crippen LogP contribution in [-0.4, -0.2) is 17.0 Å². The van der Waals surface area contributed by atoms with E-state index in [9.17, 15) is 0 Å². The van der Waals surface area contributed by atoms with Gasteiger partial charge in [-0.3, -0.25) is 0 Å². The minimum Gasteiger partial charge on any atom is -0.472 e. The molecule has 4 nitrogen and oxygen atoms in total. The molecule has 15 heavy (non-hydrogen) atoms. The molecule has 0 aliphatic rings. The lowest BCUT2D eigenvalue weighted by Gasteiger charge is -2.17. The molecule has 0 aliphatic carbocycles. The molecular formula is C10H10BrN3O. The highest BCUT2D eigenvalue weighted by Crippen LogP contribution is 2.22. The van der Waals surface area contributed by atoms with Gasteiger partial charge < -0.3 is 9.32 Å². The Labute approximate surface area is 96.1 Å². The maximum absolute atomic E-state index is 5.01. The highest BCUT2D eigenvalue weighted by atomic mass is 79.9. The van der Waals surface area contributed by atoms with E-state index >= 15 is 0 Å². The number of halogens is 1. The van der Waals surface area contributed by atoms with Gasteiger partial charge in [-0.05, 0) is 22.0 Å². The van der Waals surface area contributed by atoms with E-state index in [1.54, 1.807) is 18.7 Å². The zero-order chi connectivity index (χ0) is 10.7. The van der Waals surface area contributed by atoms with Gasteiger partial charge in [-0.1, -0.05) is 0 Å². The lowest BCUT2D eigenvalue weighted by Crippen LogP contribution is -2.17. The summed E-state index contributed by atoms with van der Waals surface area (Å²) >= 11 is 3.41. The molecule has 0 saturated heterocycles. The highest BCUT2D eigenvalue weighted by Gasteiger charge is 2.07. The fourth-order valence-corrected chi connectivity index (χ4v) is 1.84. The van der Waals surface area contributed by atoms with E-state index in [4.69, 9.17) is 4.42 Å². The molecule has 0 aromatic carbocycles. The molecule has 2 heterocycles. The second-order valence-electron chi connectivity index (χ2n) is 3.18. The van der Waals surface area contributed by atoms with Crippen LogP contribution in [0.4, 0.5) is 5.82 Å². The second-order valence-corrected chi connectivity index (χ2v) is 4.04. The molecule has 0 aliphatic heterocycles. The molecule has 0 atom stereocenters. The molecule has 2 aromatic rings. The maximum Gasteiger partial charge on any atom is 0.146 e. The lowest BCUT2D eigenvalue weighted by molar-refractivity contribution is 0.563. The van der Waals surface area contributed by atoms with Crippen LogP contribution in [0.5, 0.6) is 0 Å². The molecule has 78 valence electrons. The summed E-state index contributed by atoms with van der Waals surface area (Å²) in [6.45, 7) is 0.756. The van der Waals surface area contributed by atoms with Crippen LogP contribution in [0.1, 0.15) is 5.56 Å². The third-order valence-corrected chi connectivity index (χ3v) is 2.57. The molecule has 0 N–H and O–H groups in total. The summed E-state index contributed by atoms with van der Waals surface area (Å²) in [5, 5.41) is 0. The third kappa shape index (κ3) is 2.36. The Balaban J connectivity index is 2.15. The number of nitrogens with zero attached hydrogens (tertiary/aromatic N) is 3. The quantitative estimate of drug-likeness (QED) is 0.857. The summed E-state index contributed by atoms with van der Waals surface area (Å²) < 4.78 is 5.90. The summed E-state index contributed by atoms with van der Waals surface area (Å²) in [7, 11) is 1.97. The SMILES string of the molecule is CN(Cc1ccoc1)c1ncncc1Br. The second kappa shape index (κ2) is 4.44. The Bertz CT molecular complexity index is 430. The minimum absolute atomic E-state index is 0.756. The number of rotatable bonds is 3. The first kappa shape index (κ1) is 10.2. The first-order chi connectivity index (χ1) is 7.27. The summed E-state index contributed by atoms with van der Waals surface area (Å²) in [6.07, 6.45) is 6.66. The molecule has 0 bridgehead atoms. The van der Waals surface area contributed by atoms with Gasteiger partial charge in [0.1, 0.15) is 12.1 Å². The number of anilines is 1. The highest BCUT2D eigenvalue weighted by molar-refractivity contribution is 9.10. The van der Waals surface area contributed by atoms with E-state index in [1.807, 2.05) is 18.0 Å². The van der Waals surface area contributed by atoms with Crippen LogP contribution in [0, 0.1) is 0 Å². The van der Waals surface area contributed by atoms with Gasteiger partial charge in [-0.2, -0.15) is 0 Å². The van der Waals surface area contributed by atoms with Crippen molar-refractivity contribution in [1.29, 1.82) is 0 Å². The monoisotopic (exact) mass is 267 g/mol. The average Bonchev–Trinajstić information content (AvgIpc) is 2.71. The van der Waals surface area contributed by atoms with Crippen LogP contribution in [-0.2, 0) is 6.54 Å². The first-order valence-electron chi connectivity index (χ1n) is 4.45. The van der Waals surface area contributed by atoms with Gasteiger partial charge in [0.05, 0.1) is 17.0 Å². The molecule has 2 aromatic heterocycles. The fraction of sp³-hybridized carbons (Fsp3) is 0.200. The van der Waals surface area contributed by atoms with E-state index < -0.39 is 0 Å². The average molecular weight is 268 g/mol. The van der Waals surface area contributed by atoms with Crippen LogP contribution >= 0.6 is 15.9 Å². The predicted molar refractivity (Wildman–Crippen MR) is 60.5 cm³/mol. The predicted octanol–water partition coefficient (Wildman–Crippen LogP) is 2.47. The van der Waals surface area contributed by atoms with E-state index in [0.717, 1.165) is 22.4 Å². The van der Waals surface area contributed by atoms with Crippen molar-refractivity contribution in [1.82, 2.24) is 9.97 Å². The van der Waals surface area contributed by atoms with Crippen molar-refractivity contribution in [2.75, 3.05) is 11.9 Å². The van der Waals surface area contributed by atoms with E-state index in [1.165, 1.54) is 6.33 Å². The Morgan fingerprint density at radius 2 is 2.40 bits per heavy atom. The van der Waals surface area contributed by atoms with Gasteiger partial charge >= 0.3 is 0 Å². The number of hydrogen-bond donors (Lipinski definition) is 0. The first-order valence-corrected chi connectivity index (χ1v) is 5.24. The molecule has 0 radical (unpaired) electrons.